The highest BCUT2D eigenvalue weighted by Crippen LogP contribution is 2.31. The Kier molecular flexibility index (Phi) is 4.88. The third-order valence-corrected chi connectivity index (χ3v) is 4.26. The van der Waals surface area contributed by atoms with E-state index in [1.165, 1.54) is 11.3 Å². The first-order chi connectivity index (χ1) is 11.7. The maximum Gasteiger partial charge on any atom is 0.230 e. The van der Waals surface area contributed by atoms with Crippen LogP contribution in [0.1, 0.15) is 11.1 Å². The van der Waals surface area contributed by atoms with Gasteiger partial charge >= 0.3 is 0 Å². The number of benzene rings is 2. The Balaban J connectivity index is 1.66. The minimum Gasteiger partial charge on any atom is -0.507 e. The number of amides is 1. The fourth-order valence-electron chi connectivity index (χ4n) is 2.26. The maximum atomic E-state index is 12.1. The Morgan fingerprint density at radius 2 is 1.79 bits per heavy atom. The van der Waals surface area contributed by atoms with Crippen molar-refractivity contribution in [2.45, 2.75) is 13.0 Å². The van der Waals surface area contributed by atoms with Crippen molar-refractivity contribution in [1.82, 2.24) is 4.98 Å². The summed E-state index contributed by atoms with van der Waals surface area (Å²) in [4.78, 5) is 16.4. The summed E-state index contributed by atoms with van der Waals surface area (Å²) in [6, 6.07) is 14.2. The van der Waals surface area contributed by atoms with E-state index in [1.807, 2.05) is 18.2 Å². The number of para-hydroxylation sites is 1. The van der Waals surface area contributed by atoms with Crippen LogP contribution in [0.4, 0.5) is 5.13 Å². The molecule has 0 fully saturated rings. The van der Waals surface area contributed by atoms with Crippen molar-refractivity contribution in [2.24, 2.45) is 0 Å². The number of hydrogen-bond donors (Lipinski definition) is 3. The van der Waals surface area contributed by atoms with E-state index < -0.39 is 0 Å². The first-order valence-electron chi connectivity index (χ1n) is 7.38. The van der Waals surface area contributed by atoms with Crippen LogP contribution < -0.4 is 5.32 Å². The number of aliphatic hydroxyl groups excluding tert-OH is 1. The van der Waals surface area contributed by atoms with E-state index in [-0.39, 0.29) is 24.7 Å². The number of nitrogens with one attached hydrogen (secondary N) is 1. The van der Waals surface area contributed by atoms with Gasteiger partial charge in [-0.3, -0.25) is 4.79 Å². The molecule has 0 aliphatic heterocycles. The van der Waals surface area contributed by atoms with Gasteiger partial charge in [0.05, 0.1) is 18.7 Å². The van der Waals surface area contributed by atoms with Gasteiger partial charge in [-0.1, -0.05) is 36.4 Å². The molecule has 122 valence electrons. The zero-order valence-electron chi connectivity index (χ0n) is 12.8. The Hall–Kier alpha value is -2.70. The molecule has 3 N–H and O–H groups in total. The molecule has 0 atom stereocenters. The van der Waals surface area contributed by atoms with E-state index in [0.717, 1.165) is 11.1 Å². The highest BCUT2D eigenvalue weighted by molar-refractivity contribution is 7.14. The molecule has 0 radical (unpaired) electrons. The van der Waals surface area contributed by atoms with Crippen LogP contribution in [0.15, 0.2) is 53.9 Å². The fraction of sp³-hybridized carbons (Fsp3) is 0.111. The molecule has 0 saturated carbocycles. The van der Waals surface area contributed by atoms with Gasteiger partial charge in [-0.15, -0.1) is 11.3 Å². The second-order valence-corrected chi connectivity index (χ2v) is 6.11. The number of thiazole rings is 1. The minimum atomic E-state index is -0.162. The number of anilines is 1. The van der Waals surface area contributed by atoms with Crippen LogP contribution in [0.25, 0.3) is 11.3 Å². The highest BCUT2D eigenvalue weighted by Gasteiger charge is 2.11. The molecule has 1 amide bonds. The molecule has 0 bridgehead atoms. The molecule has 0 aliphatic carbocycles. The topological polar surface area (TPSA) is 82.5 Å². The number of hydrogen-bond acceptors (Lipinski definition) is 5. The van der Waals surface area contributed by atoms with Gasteiger partial charge in [-0.2, -0.15) is 0 Å². The zero-order chi connectivity index (χ0) is 16.9. The van der Waals surface area contributed by atoms with Crippen molar-refractivity contribution >= 4 is 22.4 Å². The van der Waals surface area contributed by atoms with E-state index in [1.54, 1.807) is 35.7 Å². The lowest BCUT2D eigenvalue weighted by Gasteiger charge is -2.03. The smallest absolute Gasteiger partial charge is 0.230 e. The number of carbonyl (C=O) groups is 1. The van der Waals surface area contributed by atoms with Crippen molar-refractivity contribution in [2.75, 3.05) is 5.32 Å². The molecule has 3 rings (SSSR count). The van der Waals surface area contributed by atoms with Gasteiger partial charge in [0, 0.05) is 10.9 Å². The number of carbonyl (C=O) groups excluding carboxylic acids is 1. The van der Waals surface area contributed by atoms with Crippen LogP contribution >= 0.6 is 11.3 Å². The summed E-state index contributed by atoms with van der Waals surface area (Å²) in [6.07, 6.45) is 0.233. The standard InChI is InChI=1S/C18H16N2O3S/c21-10-13-7-5-12(6-8-13)9-17(23)20-18-19-15(11-24-18)14-3-1-2-4-16(14)22/h1-8,11,21-22H,9-10H2,(H,19,20,23). The molecule has 1 heterocycles. The van der Waals surface area contributed by atoms with Crippen LogP contribution in [0.3, 0.4) is 0 Å². The number of rotatable bonds is 5. The summed E-state index contributed by atoms with van der Waals surface area (Å²) in [5, 5.41) is 23.9. The molecule has 6 heteroatoms. The molecule has 1 aromatic heterocycles. The summed E-state index contributed by atoms with van der Waals surface area (Å²) in [5.41, 5.74) is 2.93. The van der Waals surface area contributed by atoms with Gasteiger partial charge in [-0.25, -0.2) is 4.98 Å². The lowest BCUT2D eigenvalue weighted by Crippen LogP contribution is -2.14. The van der Waals surface area contributed by atoms with Gasteiger partial charge in [-0.05, 0) is 23.3 Å². The quantitative estimate of drug-likeness (QED) is 0.666. The number of phenolic OH excluding ortho intramolecular Hbond substituents is 1. The molecule has 0 saturated heterocycles. The summed E-state index contributed by atoms with van der Waals surface area (Å²) in [6.45, 7) is -0.0132. The van der Waals surface area contributed by atoms with E-state index in [0.29, 0.717) is 16.4 Å². The lowest BCUT2D eigenvalue weighted by molar-refractivity contribution is -0.115. The molecular formula is C18H16N2O3S. The maximum absolute atomic E-state index is 12.1. The van der Waals surface area contributed by atoms with Crippen molar-refractivity contribution < 1.29 is 15.0 Å². The van der Waals surface area contributed by atoms with Gasteiger partial charge in [0.25, 0.3) is 0 Å². The van der Waals surface area contributed by atoms with Crippen LogP contribution in [0, 0.1) is 0 Å². The van der Waals surface area contributed by atoms with Crippen LogP contribution in [-0.4, -0.2) is 21.1 Å². The highest BCUT2D eigenvalue weighted by atomic mass is 32.1. The average Bonchev–Trinajstić information content (AvgIpc) is 3.04. The Morgan fingerprint density at radius 3 is 2.50 bits per heavy atom. The zero-order valence-corrected chi connectivity index (χ0v) is 13.6. The average molecular weight is 340 g/mol. The summed E-state index contributed by atoms with van der Waals surface area (Å²) < 4.78 is 0. The van der Waals surface area contributed by atoms with E-state index in [9.17, 15) is 9.90 Å². The van der Waals surface area contributed by atoms with Gasteiger partial charge < -0.3 is 15.5 Å². The number of aliphatic hydroxyl groups is 1. The molecule has 24 heavy (non-hydrogen) atoms. The predicted octanol–water partition coefficient (Wildman–Crippen LogP) is 3.19. The SMILES string of the molecule is O=C(Cc1ccc(CO)cc1)Nc1nc(-c2ccccc2O)cs1. The molecule has 2 aromatic carbocycles. The van der Waals surface area contributed by atoms with Crippen LogP contribution in [0.2, 0.25) is 0 Å². The minimum absolute atomic E-state index is 0.0132. The predicted molar refractivity (Wildman–Crippen MR) is 93.9 cm³/mol. The Labute approximate surface area is 143 Å². The Bertz CT molecular complexity index is 843. The third-order valence-electron chi connectivity index (χ3n) is 3.50. The fourth-order valence-corrected chi connectivity index (χ4v) is 2.98. The van der Waals surface area contributed by atoms with Crippen LogP contribution in [-0.2, 0) is 17.8 Å². The largest absolute Gasteiger partial charge is 0.507 e. The van der Waals surface area contributed by atoms with Gasteiger partial charge in [0.15, 0.2) is 5.13 Å². The van der Waals surface area contributed by atoms with E-state index in [2.05, 4.69) is 10.3 Å². The van der Waals surface area contributed by atoms with Crippen molar-refractivity contribution in [3.8, 4) is 17.0 Å². The van der Waals surface area contributed by atoms with E-state index in [4.69, 9.17) is 5.11 Å². The second-order valence-electron chi connectivity index (χ2n) is 5.25. The van der Waals surface area contributed by atoms with E-state index >= 15 is 0 Å². The number of phenols is 1. The summed E-state index contributed by atoms with van der Waals surface area (Å²) >= 11 is 1.31. The lowest BCUT2D eigenvalue weighted by atomic mass is 10.1. The van der Waals surface area contributed by atoms with Gasteiger partial charge in [0.1, 0.15) is 5.75 Å². The third kappa shape index (κ3) is 3.79. The summed E-state index contributed by atoms with van der Waals surface area (Å²) in [5.74, 6) is -0.00502. The van der Waals surface area contributed by atoms with Crippen LogP contribution in [0.5, 0.6) is 5.75 Å². The van der Waals surface area contributed by atoms with Gasteiger partial charge in [0.2, 0.25) is 5.91 Å². The first-order valence-corrected chi connectivity index (χ1v) is 8.26. The number of aromatic nitrogens is 1. The molecular weight excluding hydrogens is 324 g/mol. The molecule has 0 unspecified atom stereocenters. The molecule has 0 aliphatic rings. The number of nitrogens with zero attached hydrogens (tertiary/aromatic N) is 1. The Morgan fingerprint density at radius 1 is 1.08 bits per heavy atom. The monoisotopic (exact) mass is 340 g/mol. The number of aromatic hydroxyl groups is 1. The van der Waals surface area contributed by atoms with Crippen molar-refractivity contribution in [1.29, 1.82) is 0 Å². The first kappa shape index (κ1) is 16.2. The second kappa shape index (κ2) is 7.25. The van der Waals surface area contributed by atoms with Crippen molar-refractivity contribution in [3.05, 3.63) is 65.0 Å². The van der Waals surface area contributed by atoms with Crippen molar-refractivity contribution in [3.63, 3.8) is 0 Å². The normalized spacial score (nSPS) is 10.5. The molecule has 0 spiro atoms. The molecule has 3 aromatic rings. The molecule has 5 nitrogen and oxygen atoms in total. The summed E-state index contributed by atoms with van der Waals surface area (Å²) in [7, 11) is 0.